The number of nitrogens with zero attached hydrogens (tertiary/aromatic N) is 1. The largest absolute Gasteiger partial charge is 0.494 e. The topological polar surface area (TPSA) is 24.5 Å². The molecule has 1 N–H and O–H groups in total. The van der Waals surface area contributed by atoms with Crippen molar-refractivity contribution < 1.29 is 4.74 Å². The Morgan fingerprint density at radius 3 is 2.31 bits per heavy atom. The maximum Gasteiger partial charge on any atom is 0.119 e. The highest BCUT2D eigenvalue weighted by Crippen LogP contribution is 2.18. The van der Waals surface area contributed by atoms with Crippen LogP contribution in [0, 0.1) is 0 Å². The van der Waals surface area contributed by atoms with E-state index in [1.807, 2.05) is 0 Å². The highest BCUT2D eigenvalue weighted by molar-refractivity contribution is 5.29. The van der Waals surface area contributed by atoms with Gasteiger partial charge in [-0.05, 0) is 56.1 Å². The van der Waals surface area contributed by atoms with Crippen LogP contribution in [0.5, 0.6) is 5.75 Å². The standard InChI is InChI=1S/C23H34N2O/c1-4-25(5-2)18-17-24-20(3)22-13-15-23(16-14-22)26-19-9-12-21-10-7-6-8-11-21/h6-8,10-11,13-16,20,24H,4-5,9,12,17-19H2,1-3H3. The molecular weight excluding hydrogens is 320 g/mol. The molecule has 0 amide bonds. The molecule has 0 heterocycles. The van der Waals surface area contributed by atoms with Crippen LogP contribution < -0.4 is 10.1 Å². The van der Waals surface area contributed by atoms with Crippen LogP contribution in [0.15, 0.2) is 54.6 Å². The number of aryl methyl sites for hydroxylation is 1. The van der Waals surface area contributed by atoms with Crippen molar-refractivity contribution in [3.63, 3.8) is 0 Å². The van der Waals surface area contributed by atoms with Crippen molar-refractivity contribution in [3.05, 3.63) is 65.7 Å². The molecule has 2 rings (SSSR count). The molecule has 142 valence electrons. The summed E-state index contributed by atoms with van der Waals surface area (Å²) in [6.45, 7) is 11.7. The summed E-state index contributed by atoms with van der Waals surface area (Å²) in [4.78, 5) is 2.44. The molecule has 2 aromatic carbocycles. The first-order valence-corrected chi connectivity index (χ1v) is 9.95. The van der Waals surface area contributed by atoms with Crippen molar-refractivity contribution in [2.24, 2.45) is 0 Å². The van der Waals surface area contributed by atoms with E-state index in [-0.39, 0.29) is 0 Å². The van der Waals surface area contributed by atoms with Gasteiger partial charge in [0.05, 0.1) is 6.61 Å². The molecule has 0 saturated heterocycles. The fourth-order valence-corrected chi connectivity index (χ4v) is 3.06. The Hall–Kier alpha value is -1.84. The number of ether oxygens (including phenoxy) is 1. The first-order chi connectivity index (χ1) is 12.7. The third-order valence-electron chi connectivity index (χ3n) is 4.87. The van der Waals surface area contributed by atoms with E-state index in [4.69, 9.17) is 4.74 Å². The summed E-state index contributed by atoms with van der Waals surface area (Å²) in [5, 5.41) is 3.61. The molecule has 0 saturated carbocycles. The van der Waals surface area contributed by atoms with Gasteiger partial charge in [0.15, 0.2) is 0 Å². The molecule has 3 nitrogen and oxygen atoms in total. The second-order valence-corrected chi connectivity index (χ2v) is 6.71. The zero-order chi connectivity index (χ0) is 18.6. The van der Waals surface area contributed by atoms with Gasteiger partial charge in [0, 0.05) is 19.1 Å². The van der Waals surface area contributed by atoms with Gasteiger partial charge in [0.1, 0.15) is 5.75 Å². The molecule has 0 bridgehead atoms. The van der Waals surface area contributed by atoms with Crippen molar-refractivity contribution in [1.82, 2.24) is 10.2 Å². The zero-order valence-electron chi connectivity index (χ0n) is 16.6. The van der Waals surface area contributed by atoms with Gasteiger partial charge in [-0.1, -0.05) is 56.3 Å². The first-order valence-electron chi connectivity index (χ1n) is 9.95. The maximum absolute atomic E-state index is 5.88. The minimum absolute atomic E-state index is 0.359. The van der Waals surface area contributed by atoms with Gasteiger partial charge in [-0.3, -0.25) is 0 Å². The van der Waals surface area contributed by atoms with Crippen LogP contribution in [0.2, 0.25) is 0 Å². The third-order valence-corrected chi connectivity index (χ3v) is 4.87. The van der Waals surface area contributed by atoms with E-state index >= 15 is 0 Å². The molecule has 0 aromatic heterocycles. The van der Waals surface area contributed by atoms with E-state index in [2.05, 4.69) is 85.6 Å². The van der Waals surface area contributed by atoms with E-state index in [9.17, 15) is 0 Å². The van der Waals surface area contributed by atoms with Crippen molar-refractivity contribution in [2.75, 3.05) is 32.8 Å². The van der Waals surface area contributed by atoms with Gasteiger partial charge in [-0.2, -0.15) is 0 Å². The van der Waals surface area contributed by atoms with Crippen LogP contribution in [0.1, 0.15) is 44.4 Å². The van der Waals surface area contributed by atoms with Crippen LogP contribution in [-0.2, 0) is 6.42 Å². The molecule has 0 fully saturated rings. The van der Waals surface area contributed by atoms with Crippen LogP contribution in [-0.4, -0.2) is 37.7 Å². The summed E-state index contributed by atoms with van der Waals surface area (Å²) in [5.74, 6) is 0.956. The lowest BCUT2D eigenvalue weighted by molar-refractivity contribution is 0.297. The Bertz CT molecular complexity index is 593. The minimum atomic E-state index is 0.359. The zero-order valence-corrected chi connectivity index (χ0v) is 16.6. The molecule has 0 radical (unpaired) electrons. The number of rotatable bonds is 12. The number of hydrogen-bond donors (Lipinski definition) is 1. The lowest BCUT2D eigenvalue weighted by Crippen LogP contribution is -2.33. The van der Waals surface area contributed by atoms with E-state index in [1.54, 1.807) is 0 Å². The van der Waals surface area contributed by atoms with Gasteiger partial charge in [0.2, 0.25) is 0 Å². The van der Waals surface area contributed by atoms with Crippen LogP contribution >= 0.6 is 0 Å². The maximum atomic E-state index is 5.88. The fourth-order valence-electron chi connectivity index (χ4n) is 3.06. The number of benzene rings is 2. The average molecular weight is 355 g/mol. The first kappa shape index (κ1) is 20.5. The van der Waals surface area contributed by atoms with Gasteiger partial charge in [0.25, 0.3) is 0 Å². The molecular formula is C23H34N2O. The van der Waals surface area contributed by atoms with Crippen molar-refractivity contribution in [2.45, 2.75) is 39.7 Å². The highest BCUT2D eigenvalue weighted by atomic mass is 16.5. The Kier molecular flexibility index (Phi) is 9.22. The van der Waals surface area contributed by atoms with Gasteiger partial charge < -0.3 is 15.0 Å². The molecule has 2 aromatic rings. The van der Waals surface area contributed by atoms with E-state index in [1.165, 1.54) is 11.1 Å². The van der Waals surface area contributed by atoms with E-state index in [0.717, 1.165) is 51.4 Å². The molecule has 0 aliphatic carbocycles. The van der Waals surface area contributed by atoms with Crippen molar-refractivity contribution >= 4 is 0 Å². The predicted molar refractivity (Wildman–Crippen MR) is 111 cm³/mol. The highest BCUT2D eigenvalue weighted by Gasteiger charge is 2.06. The lowest BCUT2D eigenvalue weighted by atomic mass is 10.1. The van der Waals surface area contributed by atoms with Crippen molar-refractivity contribution in [1.29, 1.82) is 0 Å². The molecule has 0 spiro atoms. The second-order valence-electron chi connectivity index (χ2n) is 6.71. The second kappa shape index (κ2) is 11.7. The number of hydrogen-bond acceptors (Lipinski definition) is 3. The Morgan fingerprint density at radius 1 is 0.962 bits per heavy atom. The van der Waals surface area contributed by atoms with Crippen LogP contribution in [0.3, 0.4) is 0 Å². The molecule has 1 atom stereocenters. The smallest absolute Gasteiger partial charge is 0.119 e. The molecule has 26 heavy (non-hydrogen) atoms. The van der Waals surface area contributed by atoms with Crippen molar-refractivity contribution in [3.8, 4) is 5.75 Å². The quantitative estimate of drug-likeness (QED) is 0.560. The lowest BCUT2D eigenvalue weighted by Gasteiger charge is -2.20. The summed E-state index contributed by atoms with van der Waals surface area (Å²) in [7, 11) is 0. The molecule has 0 aliphatic heterocycles. The SMILES string of the molecule is CCN(CC)CCNC(C)c1ccc(OCCCc2ccccc2)cc1. The summed E-state index contributed by atoms with van der Waals surface area (Å²) in [6.07, 6.45) is 2.10. The van der Waals surface area contributed by atoms with Gasteiger partial charge in [-0.15, -0.1) is 0 Å². The molecule has 0 aliphatic rings. The third kappa shape index (κ3) is 7.19. The Morgan fingerprint density at radius 2 is 1.65 bits per heavy atom. The minimum Gasteiger partial charge on any atom is -0.494 e. The normalized spacial score (nSPS) is 12.3. The van der Waals surface area contributed by atoms with Gasteiger partial charge in [-0.25, -0.2) is 0 Å². The summed E-state index contributed by atoms with van der Waals surface area (Å²) in [6, 6.07) is 19.4. The summed E-state index contributed by atoms with van der Waals surface area (Å²) in [5.41, 5.74) is 2.68. The van der Waals surface area contributed by atoms with E-state index in [0.29, 0.717) is 6.04 Å². The monoisotopic (exact) mass is 354 g/mol. The van der Waals surface area contributed by atoms with Gasteiger partial charge >= 0.3 is 0 Å². The Balaban J connectivity index is 1.68. The average Bonchev–Trinajstić information content (AvgIpc) is 2.70. The Labute approximate surface area is 159 Å². The van der Waals surface area contributed by atoms with Crippen LogP contribution in [0.4, 0.5) is 0 Å². The van der Waals surface area contributed by atoms with Crippen LogP contribution in [0.25, 0.3) is 0 Å². The number of nitrogens with one attached hydrogen (secondary N) is 1. The summed E-state index contributed by atoms with van der Waals surface area (Å²) >= 11 is 0. The summed E-state index contributed by atoms with van der Waals surface area (Å²) < 4.78 is 5.88. The molecule has 3 heteroatoms. The predicted octanol–water partition coefficient (Wildman–Crippen LogP) is 4.69. The van der Waals surface area contributed by atoms with E-state index < -0.39 is 0 Å². The number of likely N-dealkylation sites (N-methyl/N-ethyl adjacent to an activating group) is 1. The fraction of sp³-hybridized carbons (Fsp3) is 0.478. The molecule has 1 unspecified atom stereocenters.